The standard InChI is InChI=1S/C15H19BrN2O2S/c1-2-13(11-3-5-12(16)6-4-11)17-14(19)7-8-18-9-10-21-15(18)20/h3-6,13H,2,7-10H2,1H3,(H,17,19)/t13-/m1/s1. The van der Waals surface area contributed by atoms with Crippen LogP contribution in [-0.4, -0.2) is 34.9 Å². The lowest BCUT2D eigenvalue weighted by atomic mass is 10.0. The third-order valence-electron chi connectivity index (χ3n) is 3.47. The first kappa shape index (κ1) is 16.4. The van der Waals surface area contributed by atoms with Crippen LogP contribution in [0.2, 0.25) is 0 Å². The van der Waals surface area contributed by atoms with Crippen molar-refractivity contribution in [2.45, 2.75) is 25.8 Å². The molecule has 1 aliphatic heterocycles. The molecule has 1 aliphatic rings. The molecular formula is C15H19BrN2O2S. The van der Waals surface area contributed by atoms with Gasteiger partial charge in [0, 0.05) is 29.7 Å². The van der Waals surface area contributed by atoms with Gasteiger partial charge in [0.2, 0.25) is 5.91 Å². The number of carbonyl (C=O) groups is 2. The molecule has 1 saturated heterocycles. The summed E-state index contributed by atoms with van der Waals surface area (Å²) >= 11 is 4.73. The number of nitrogens with one attached hydrogen (secondary N) is 1. The van der Waals surface area contributed by atoms with Gasteiger partial charge in [-0.1, -0.05) is 46.7 Å². The maximum absolute atomic E-state index is 12.1. The van der Waals surface area contributed by atoms with E-state index in [1.54, 1.807) is 4.90 Å². The summed E-state index contributed by atoms with van der Waals surface area (Å²) in [4.78, 5) is 25.3. The van der Waals surface area contributed by atoms with E-state index >= 15 is 0 Å². The summed E-state index contributed by atoms with van der Waals surface area (Å²) < 4.78 is 1.03. The molecule has 114 valence electrons. The van der Waals surface area contributed by atoms with Gasteiger partial charge in [0.15, 0.2) is 0 Å². The summed E-state index contributed by atoms with van der Waals surface area (Å²) in [5.41, 5.74) is 1.10. The molecule has 2 rings (SSSR count). The highest BCUT2D eigenvalue weighted by atomic mass is 79.9. The highest BCUT2D eigenvalue weighted by Gasteiger charge is 2.22. The number of halogens is 1. The molecule has 1 N–H and O–H groups in total. The van der Waals surface area contributed by atoms with Crippen molar-refractivity contribution in [1.29, 1.82) is 0 Å². The number of thioether (sulfide) groups is 1. The quantitative estimate of drug-likeness (QED) is 0.832. The van der Waals surface area contributed by atoms with Gasteiger partial charge in [0.05, 0.1) is 6.04 Å². The van der Waals surface area contributed by atoms with Crippen LogP contribution >= 0.6 is 27.7 Å². The molecule has 4 nitrogen and oxygen atoms in total. The van der Waals surface area contributed by atoms with Crippen molar-refractivity contribution in [3.63, 3.8) is 0 Å². The fraction of sp³-hybridized carbons (Fsp3) is 0.467. The van der Waals surface area contributed by atoms with E-state index in [1.807, 2.05) is 31.2 Å². The molecule has 0 saturated carbocycles. The zero-order valence-electron chi connectivity index (χ0n) is 12.0. The predicted octanol–water partition coefficient (Wildman–Crippen LogP) is 3.58. The summed E-state index contributed by atoms with van der Waals surface area (Å²) in [6.45, 7) is 3.31. The Bertz CT molecular complexity index is 507. The Hall–Kier alpha value is -1.01. The van der Waals surface area contributed by atoms with Crippen molar-refractivity contribution in [3.05, 3.63) is 34.3 Å². The van der Waals surface area contributed by atoms with Crippen LogP contribution in [0.4, 0.5) is 4.79 Å². The fourth-order valence-electron chi connectivity index (χ4n) is 2.25. The summed E-state index contributed by atoms with van der Waals surface area (Å²) in [5, 5.41) is 3.13. The number of hydrogen-bond acceptors (Lipinski definition) is 3. The number of carbonyl (C=O) groups excluding carboxylic acids is 2. The summed E-state index contributed by atoms with van der Waals surface area (Å²) in [6.07, 6.45) is 1.20. The van der Waals surface area contributed by atoms with Crippen molar-refractivity contribution in [2.24, 2.45) is 0 Å². The second-order valence-electron chi connectivity index (χ2n) is 4.93. The van der Waals surface area contributed by atoms with E-state index in [4.69, 9.17) is 0 Å². The van der Waals surface area contributed by atoms with Crippen molar-refractivity contribution < 1.29 is 9.59 Å². The third-order valence-corrected chi connectivity index (χ3v) is 4.89. The molecule has 1 heterocycles. The second-order valence-corrected chi connectivity index (χ2v) is 6.89. The molecule has 21 heavy (non-hydrogen) atoms. The lowest BCUT2D eigenvalue weighted by molar-refractivity contribution is -0.122. The van der Waals surface area contributed by atoms with Crippen LogP contribution in [0.3, 0.4) is 0 Å². The average molecular weight is 371 g/mol. The van der Waals surface area contributed by atoms with Gasteiger partial charge in [-0.25, -0.2) is 0 Å². The van der Waals surface area contributed by atoms with Crippen LogP contribution < -0.4 is 5.32 Å². The van der Waals surface area contributed by atoms with E-state index in [0.717, 1.165) is 28.8 Å². The minimum absolute atomic E-state index is 0.00512. The van der Waals surface area contributed by atoms with Crippen molar-refractivity contribution >= 4 is 38.8 Å². The van der Waals surface area contributed by atoms with E-state index in [2.05, 4.69) is 21.2 Å². The number of benzene rings is 1. The minimum atomic E-state index is -0.00512. The van der Waals surface area contributed by atoms with Crippen LogP contribution in [0.15, 0.2) is 28.7 Å². The SMILES string of the molecule is CC[C@@H](NC(=O)CCN1CCSC1=O)c1ccc(Br)cc1. The van der Waals surface area contributed by atoms with Gasteiger partial charge in [0.25, 0.3) is 5.24 Å². The van der Waals surface area contributed by atoms with E-state index < -0.39 is 0 Å². The Morgan fingerprint density at radius 3 is 2.71 bits per heavy atom. The van der Waals surface area contributed by atoms with Gasteiger partial charge in [0.1, 0.15) is 0 Å². The second kappa shape index (κ2) is 7.84. The Kier molecular flexibility index (Phi) is 6.11. The summed E-state index contributed by atoms with van der Waals surface area (Å²) in [5.74, 6) is 0.825. The third kappa shape index (κ3) is 4.74. The van der Waals surface area contributed by atoms with Gasteiger partial charge >= 0.3 is 0 Å². The predicted molar refractivity (Wildman–Crippen MR) is 89.4 cm³/mol. The van der Waals surface area contributed by atoms with Crippen LogP contribution in [0.1, 0.15) is 31.4 Å². The Balaban J connectivity index is 1.84. The van der Waals surface area contributed by atoms with Gasteiger partial charge in [-0.2, -0.15) is 0 Å². The molecule has 0 spiro atoms. The molecule has 1 atom stereocenters. The zero-order chi connectivity index (χ0) is 15.2. The summed E-state index contributed by atoms with van der Waals surface area (Å²) in [6, 6.07) is 8.00. The maximum atomic E-state index is 12.1. The topological polar surface area (TPSA) is 49.4 Å². The van der Waals surface area contributed by atoms with Crippen molar-refractivity contribution in [3.8, 4) is 0 Å². The first-order valence-electron chi connectivity index (χ1n) is 7.06. The molecule has 1 aromatic carbocycles. The monoisotopic (exact) mass is 370 g/mol. The molecule has 6 heteroatoms. The molecule has 2 amide bonds. The largest absolute Gasteiger partial charge is 0.349 e. The molecule has 0 bridgehead atoms. The van der Waals surface area contributed by atoms with E-state index in [9.17, 15) is 9.59 Å². The molecule has 0 aliphatic carbocycles. The first-order valence-corrected chi connectivity index (χ1v) is 8.84. The molecule has 0 aromatic heterocycles. The highest BCUT2D eigenvalue weighted by molar-refractivity contribution is 9.10. The van der Waals surface area contributed by atoms with E-state index in [0.29, 0.717) is 13.0 Å². The smallest absolute Gasteiger partial charge is 0.281 e. The van der Waals surface area contributed by atoms with E-state index in [1.165, 1.54) is 11.8 Å². The lowest BCUT2D eigenvalue weighted by Gasteiger charge is -2.19. The number of amides is 2. The highest BCUT2D eigenvalue weighted by Crippen LogP contribution is 2.20. The van der Waals surface area contributed by atoms with Crippen LogP contribution in [-0.2, 0) is 4.79 Å². The van der Waals surface area contributed by atoms with Gasteiger partial charge in [-0.3, -0.25) is 9.59 Å². The number of nitrogens with zero attached hydrogens (tertiary/aromatic N) is 1. The number of rotatable bonds is 6. The Morgan fingerprint density at radius 2 is 2.14 bits per heavy atom. The first-order chi connectivity index (χ1) is 10.1. The van der Waals surface area contributed by atoms with Gasteiger partial charge in [-0.05, 0) is 24.1 Å². The van der Waals surface area contributed by atoms with Gasteiger partial charge in [-0.15, -0.1) is 0 Å². The average Bonchev–Trinajstić information content (AvgIpc) is 2.89. The van der Waals surface area contributed by atoms with Crippen LogP contribution in [0, 0.1) is 0 Å². The molecule has 0 unspecified atom stereocenters. The van der Waals surface area contributed by atoms with Crippen LogP contribution in [0.25, 0.3) is 0 Å². The zero-order valence-corrected chi connectivity index (χ0v) is 14.4. The van der Waals surface area contributed by atoms with E-state index in [-0.39, 0.29) is 17.2 Å². The van der Waals surface area contributed by atoms with Crippen molar-refractivity contribution in [2.75, 3.05) is 18.8 Å². The molecule has 0 radical (unpaired) electrons. The Labute approximate surface area is 137 Å². The minimum Gasteiger partial charge on any atom is -0.349 e. The maximum Gasteiger partial charge on any atom is 0.281 e. The fourth-order valence-corrected chi connectivity index (χ4v) is 3.36. The lowest BCUT2D eigenvalue weighted by Crippen LogP contribution is -2.33. The molecule has 1 aromatic rings. The number of hydrogen-bond donors (Lipinski definition) is 1. The summed E-state index contributed by atoms with van der Waals surface area (Å²) in [7, 11) is 0. The van der Waals surface area contributed by atoms with Gasteiger partial charge < -0.3 is 10.2 Å². The van der Waals surface area contributed by atoms with Crippen molar-refractivity contribution in [1.82, 2.24) is 10.2 Å². The molecule has 1 fully saturated rings. The normalized spacial score (nSPS) is 16.1. The molecular weight excluding hydrogens is 352 g/mol. The Morgan fingerprint density at radius 1 is 1.43 bits per heavy atom. The van der Waals surface area contributed by atoms with Crippen LogP contribution in [0.5, 0.6) is 0 Å².